The zero-order valence-electron chi connectivity index (χ0n) is 11.6. The van der Waals surface area contributed by atoms with E-state index in [1.807, 2.05) is 6.07 Å². The molecule has 19 heavy (non-hydrogen) atoms. The molecule has 1 atom stereocenters. The van der Waals surface area contributed by atoms with E-state index in [4.69, 9.17) is 9.47 Å². The van der Waals surface area contributed by atoms with Crippen LogP contribution in [-0.2, 0) is 4.74 Å². The second-order valence-electron chi connectivity index (χ2n) is 4.48. The Hall–Kier alpha value is -1.97. The molecule has 1 N–H and O–H groups in total. The van der Waals surface area contributed by atoms with E-state index in [1.54, 1.807) is 19.1 Å². The van der Waals surface area contributed by atoms with E-state index in [9.17, 15) is 9.90 Å². The predicted octanol–water partition coefficient (Wildman–Crippen LogP) is 3.78. The lowest BCUT2D eigenvalue weighted by molar-refractivity contribution is 0.0577. The minimum atomic E-state index is -1.00. The monoisotopic (exact) mass is 264 g/mol. The average molecular weight is 264 g/mol. The molecule has 0 fully saturated rings. The van der Waals surface area contributed by atoms with Gasteiger partial charge in [0.15, 0.2) is 0 Å². The van der Waals surface area contributed by atoms with Crippen LogP contribution in [0.25, 0.3) is 0 Å². The predicted molar refractivity (Wildman–Crippen MR) is 73.5 cm³/mol. The van der Waals surface area contributed by atoms with E-state index in [2.05, 4.69) is 20.4 Å². The fourth-order valence-corrected chi connectivity index (χ4v) is 1.58. The fraction of sp³-hybridized carbons (Fsp3) is 0.400. The van der Waals surface area contributed by atoms with Gasteiger partial charge in [0.2, 0.25) is 6.79 Å². The average Bonchev–Trinajstić information content (AvgIpc) is 2.37. The normalized spacial score (nSPS) is 11.7. The third-order valence-electron chi connectivity index (χ3n) is 2.94. The highest BCUT2D eigenvalue weighted by molar-refractivity contribution is 5.91. The van der Waals surface area contributed by atoms with Gasteiger partial charge in [0.1, 0.15) is 11.3 Å². The number of rotatable bonds is 7. The Morgan fingerprint density at radius 3 is 2.68 bits per heavy atom. The zero-order valence-corrected chi connectivity index (χ0v) is 11.6. The van der Waals surface area contributed by atoms with Gasteiger partial charge < -0.3 is 14.6 Å². The summed E-state index contributed by atoms with van der Waals surface area (Å²) >= 11 is 0. The zero-order chi connectivity index (χ0) is 14.4. The van der Waals surface area contributed by atoms with Crippen molar-refractivity contribution >= 4 is 5.97 Å². The van der Waals surface area contributed by atoms with E-state index >= 15 is 0 Å². The number of aromatic carboxylic acids is 1. The lowest BCUT2D eigenvalue weighted by atomic mass is 9.96. The number of hydrogen-bond donors (Lipinski definition) is 1. The molecule has 0 aromatic heterocycles. The Labute approximate surface area is 113 Å². The summed E-state index contributed by atoms with van der Waals surface area (Å²) in [4.78, 5) is 11.2. The second kappa shape index (κ2) is 6.83. The molecular weight excluding hydrogens is 244 g/mol. The first-order valence-corrected chi connectivity index (χ1v) is 6.24. The third-order valence-corrected chi connectivity index (χ3v) is 2.94. The number of carboxylic acids is 1. The molecule has 0 aliphatic rings. The first-order chi connectivity index (χ1) is 8.95. The topological polar surface area (TPSA) is 55.8 Å². The minimum absolute atomic E-state index is 0.0434. The van der Waals surface area contributed by atoms with E-state index in [0.717, 1.165) is 12.0 Å². The molecule has 1 aromatic carbocycles. The number of benzene rings is 1. The molecule has 1 aromatic rings. The smallest absolute Gasteiger partial charge is 0.339 e. The van der Waals surface area contributed by atoms with Crippen molar-refractivity contribution in [3.05, 3.63) is 41.7 Å². The van der Waals surface area contributed by atoms with Crippen LogP contribution in [0.15, 0.2) is 30.5 Å². The molecule has 0 saturated heterocycles. The number of hydrogen-bond acceptors (Lipinski definition) is 3. The Kier molecular flexibility index (Phi) is 5.42. The lowest BCUT2D eigenvalue weighted by Crippen LogP contribution is -2.07. The summed E-state index contributed by atoms with van der Waals surface area (Å²) in [5.74, 6) is 0.142. The van der Waals surface area contributed by atoms with Gasteiger partial charge in [-0.05, 0) is 37.0 Å². The molecule has 0 saturated carbocycles. The maximum Gasteiger partial charge on any atom is 0.339 e. The van der Waals surface area contributed by atoms with E-state index < -0.39 is 5.97 Å². The lowest BCUT2D eigenvalue weighted by Gasteiger charge is -2.14. The Balaban J connectivity index is 2.92. The van der Waals surface area contributed by atoms with Crippen molar-refractivity contribution in [2.24, 2.45) is 0 Å². The molecule has 0 aliphatic carbocycles. The third kappa shape index (κ3) is 4.32. The Morgan fingerprint density at radius 1 is 1.47 bits per heavy atom. The second-order valence-corrected chi connectivity index (χ2v) is 4.48. The minimum Gasteiger partial charge on any atom is -0.478 e. The van der Waals surface area contributed by atoms with E-state index in [1.165, 1.54) is 0 Å². The van der Waals surface area contributed by atoms with Crippen molar-refractivity contribution in [3.8, 4) is 5.75 Å². The Bertz CT molecular complexity index is 465. The highest BCUT2D eigenvalue weighted by Gasteiger charge is 2.14. The standard InChI is InChI=1S/C15H20O4/c1-5-11(4)12-6-7-14(13(8-12)15(16)17)19-9-18-10(2)3/h6-8,11H,2,5,9H2,1,3-4H3,(H,16,17). The molecule has 0 bridgehead atoms. The summed E-state index contributed by atoms with van der Waals surface area (Å²) in [7, 11) is 0. The highest BCUT2D eigenvalue weighted by Crippen LogP contribution is 2.26. The summed E-state index contributed by atoms with van der Waals surface area (Å²) in [6.07, 6.45) is 0.956. The van der Waals surface area contributed by atoms with Crippen LogP contribution in [0.2, 0.25) is 0 Å². The molecule has 0 radical (unpaired) electrons. The SMILES string of the molecule is C=C(C)OCOc1ccc(C(C)CC)cc1C(=O)O. The van der Waals surface area contributed by atoms with Crippen molar-refractivity contribution in [1.82, 2.24) is 0 Å². The first kappa shape index (κ1) is 15.1. The van der Waals surface area contributed by atoms with Crippen molar-refractivity contribution in [1.29, 1.82) is 0 Å². The summed E-state index contributed by atoms with van der Waals surface area (Å²) in [5, 5.41) is 9.21. The molecule has 0 spiro atoms. The van der Waals surface area contributed by atoms with Gasteiger partial charge in [-0.2, -0.15) is 0 Å². The molecule has 4 nitrogen and oxygen atoms in total. The molecular formula is C15H20O4. The maximum absolute atomic E-state index is 11.2. The van der Waals surface area contributed by atoms with E-state index in [0.29, 0.717) is 17.4 Å². The quantitative estimate of drug-likeness (QED) is 0.601. The molecule has 0 amide bonds. The van der Waals surface area contributed by atoms with Gasteiger partial charge >= 0.3 is 5.97 Å². The van der Waals surface area contributed by atoms with Crippen LogP contribution in [0.3, 0.4) is 0 Å². The van der Waals surface area contributed by atoms with Crippen molar-refractivity contribution in [3.63, 3.8) is 0 Å². The Morgan fingerprint density at radius 2 is 2.16 bits per heavy atom. The summed E-state index contributed by atoms with van der Waals surface area (Å²) in [6, 6.07) is 5.22. The van der Waals surface area contributed by atoms with Crippen LogP contribution < -0.4 is 4.74 Å². The molecule has 1 unspecified atom stereocenters. The van der Waals surface area contributed by atoms with Gasteiger partial charge in [0.25, 0.3) is 0 Å². The maximum atomic E-state index is 11.2. The van der Waals surface area contributed by atoms with Crippen molar-refractivity contribution in [2.75, 3.05) is 6.79 Å². The van der Waals surface area contributed by atoms with Gasteiger partial charge in [-0.25, -0.2) is 4.79 Å². The van der Waals surface area contributed by atoms with Gasteiger partial charge in [0.05, 0.1) is 5.76 Å². The van der Waals surface area contributed by atoms with Crippen LogP contribution in [-0.4, -0.2) is 17.9 Å². The number of carbonyl (C=O) groups is 1. The number of carboxylic acid groups (broad SMARTS) is 1. The van der Waals surface area contributed by atoms with Crippen molar-refractivity contribution in [2.45, 2.75) is 33.1 Å². The van der Waals surface area contributed by atoms with E-state index in [-0.39, 0.29) is 12.4 Å². The van der Waals surface area contributed by atoms with Crippen LogP contribution in [0.4, 0.5) is 0 Å². The number of allylic oxidation sites excluding steroid dienone is 1. The van der Waals surface area contributed by atoms with Gasteiger partial charge in [0, 0.05) is 0 Å². The molecule has 4 heteroatoms. The summed E-state index contributed by atoms with van der Waals surface area (Å²) < 4.78 is 10.4. The largest absolute Gasteiger partial charge is 0.478 e. The van der Waals surface area contributed by atoms with Crippen LogP contribution >= 0.6 is 0 Å². The summed E-state index contributed by atoms with van der Waals surface area (Å²) in [5.41, 5.74) is 1.15. The van der Waals surface area contributed by atoms with Crippen LogP contribution in [0, 0.1) is 0 Å². The summed E-state index contributed by atoms with van der Waals surface area (Å²) in [6.45, 7) is 9.36. The number of ether oxygens (including phenoxy) is 2. The van der Waals surface area contributed by atoms with Gasteiger partial charge in [-0.1, -0.05) is 26.5 Å². The van der Waals surface area contributed by atoms with Gasteiger partial charge in [-0.3, -0.25) is 0 Å². The van der Waals surface area contributed by atoms with Crippen LogP contribution in [0.1, 0.15) is 49.0 Å². The fourth-order valence-electron chi connectivity index (χ4n) is 1.58. The van der Waals surface area contributed by atoms with Gasteiger partial charge in [-0.15, -0.1) is 0 Å². The van der Waals surface area contributed by atoms with Crippen molar-refractivity contribution < 1.29 is 19.4 Å². The highest BCUT2D eigenvalue weighted by atomic mass is 16.7. The molecule has 0 aliphatic heterocycles. The molecule has 0 heterocycles. The first-order valence-electron chi connectivity index (χ1n) is 6.24. The molecule has 104 valence electrons. The molecule has 1 rings (SSSR count). The van der Waals surface area contributed by atoms with Crippen LogP contribution in [0.5, 0.6) is 5.75 Å².